The Morgan fingerprint density at radius 2 is 2.05 bits per heavy atom. The van der Waals surface area contributed by atoms with Gasteiger partial charge in [0.05, 0.1) is 5.69 Å². The fourth-order valence-electron chi connectivity index (χ4n) is 4.55. The maximum Gasteiger partial charge on any atom is 0.180 e. The van der Waals surface area contributed by atoms with Crippen molar-refractivity contribution in [3.8, 4) is 0 Å². The lowest BCUT2D eigenvalue weighted by Crippen LogP contribution is -2.51. The Balaban J connectivity index is 1.41. The minimum Gasteiger partial charge on any atom is -0.375 e. The van der Waals surface area contributed by atoms with Crippen LogP contribution in [-0.4, -0.2) is 47.0 Å². The second-order valence-electron chi connectivity index (χ2n) is 6.91. The Labute approximate surface area is 131 Å². The first-order valence-corrected chi connectivity index (χ1v) is 9.32. The van der Waals surface area contributed by atoms with Crippen molar-refractivity contribution in [2.75, 3.05) is 31.9 Å². The first-order valence-electron chi connectivity index (χ1n) is 8.50. The molecule has 0 unspecified atom stereocenters. The summed E-state index contributed by atoms with van der Waals surface area (Å²) in [5.41, 5.74) is 7.12. The lowest BCUT2D eigenvalue weighted by atomic mass is 9.83. The Bertz CT molecular complexity index is 498. The molecule has 3 aliphatic heterocycles. The summed E-state index contributed by atoms with van der Waals surface area (Å²) >= 11 is 1.69. The Morgan fingerprint density at radius 1 is 1.14 bits per heavy atom. The fraction of sp³-hybridized carbons (Fsp3) is 0.812. The number of nitrogen functional groups attached to an aromatic ring is 1. The normalized spacial score (nSPS) is 30.9. The van der Waals surface area contributed by atoms with Crippen molar-refractivity contribution < 1.29 is 0 Å². The van der Waals surface area contributed by atoms with Gasteiger partial charge in [-0.05, 0) is 44.7 Å². The third kappa shape index (κ3) is 2.83. The number of aromatic nitrogens is 1. The summed E-state index contributed by atoms with van der Waals surface area (Å²) < 4.78 is 0. The van der Waals surface area contributed by atoms with Gasteiger partial charge < -0.3 is 10.6 Å². The molecule has 4 nitrogen and oxygen atoms in total. The molecule has 0 aromatic carbocycles. The van der Waals surface area contributed by atoms with E-state index in [0.29, 0.717) is 0 Å². The molecule has 1 aromatic heterocycles. The zero-order valence-electron chi connectivity index (χ0n) is 12.8. The number of nitrogens with two attached hydrogens (primary N) is 1. The van der Waals surface area contributed by atoms with E-state index >= 15 is 0 Å². The van der Waals surface area contributed by atoms with Gasteiger partial charge in [-0.2, -0.15) is 0 Å². The summed E-state index contributed by atoms with van der Waals surface area (Å²) in [6.07, 6.45) is 8.19. The van der Waals surface area contributed by atoms with Crippen LogP contribution < -0.4 is 5.73 Å². The molecule has 2 atom stereocenters. The second-order valence-corrected chi connectivity index (χ2v) is 8.02. The van der Waals surface area contributed by atoms with Crippen LogP contribution in [0.4, 0.5) is 5.13 Å². The molecule has 2 saturated heterocycles. The first kappa shape index (κ1) is 14.0. The lowest BCUT2D eigenvalue weighted by molar-refractivity contribution is 0.0381. The van der Waals surface area contributed by atoms with Crippen LogP contribution in [0.15, 0.2) is 0 Å². The van der Waals surface area contributed by atoms with Gasteiger partial charge in [0.2, 0.25) is 0 Å². The largest absolute Gasteiger partial charge is 0.375 e. The standard InChI is InChI=1S/C16H26N4S/c17-16-18-13-6-9-19(11-15(13)21-16)10-12-4-3-8-20-7-2-1-5-14(12)20/h12,14H,1-11H2,(H2,17,18)/t12-,14+/m0/s1. The van der Waals surface area contributed by atoms with Crippen molar-refractivity contribution in [3.63, 3.8) is 0 Å². The van der Waals surface area contributed by atoms with Gasteiger partial charge in [0.1, 0.15) is 0 Å². The van der Waals surface area contributed by atoms with E-state index in [1.54, 1.807) is 11.3 Å². The molecule has 3 aliphatic rings. The average Bonchev–Trinajstić information content (AvgIpc) is 2.87. The van der Waals surface area contributed by atoms with Crippen LogP contribution in [-0.2, 0) is 13.0 Å². The Kier molecular flexibility index (Phi) is 3.90. The summed E-state index contributed by atoms with van der Waals surface area (Å²) in [7, 11) is 0. The quantitative estimate of drug-likeness (QED) is 0.911. The molecule has 4 heterocycles. The molecular formula is C16H26N4S. The number of fused-ring (bicyclic) bond motifs is 2. The highest BCUT2D eigenvalue weighted by atomic mass is 32.1. The molecule has 116 valence electrons. The predicted octanol–water partition coefficient (Wildman–Crippen LogP) is 2.35. The van der Waals surface area contributed by atoms with E-state index in [1.807, 2.05) is 0 Å². The van der Waals surface area contributed by atoms with E-state index in [4.69, 9.17) is 5.73 Å². The minimum atomic E-state index is 0.748. The lowest BCUT2D eigenvalue weighted by Gasteiger charge is -2.46. The summed E-state index contributed by atoms with van der Waals surface area (Å²) in [6, 6.07) is 0.862. The van der Waals surface area contributed by atoms with Crippen molar-refractivity contribution in [1.82, 2.24) is 14.8 Å². The van der Waals surface area contributed by atoms with Crippen LogP contribution in [0.3, 0.4) is 0 Å². The molecule has 2 fully saturated rings. The molecule has 21 heavy (non-hydrogen) atoms. The Morgan fingerprint density at radius 3 is 3.00 bits per heavy atom. The molecular weight excluding hydrogens is 280 g/mol. The number of hydrogen-bond acceptors (Lipinski definition) is 5. The van der Waals surface area contributed by atoms with Crippen LogP contribution in [0.5, 0.6) is 0 Å². The smallest absolute Gasteiger partial charge is 0.180 e. The number of rotatable bonds is 2. The van der Waals surface area contributed by atoms with Gasteiger partial charge >= 0.3 is 0 Å². The van der Waals surface area contributed by atoms with Gasteiger partial charge in [-0.15, -0.1) is 11.3 Å². The first-order chi connectivity index (χ1) is 10.3. The third-order valence-corrected chi connectivity index (χ3v) is 6.46. The van der Waals surface area contributed by atoms with Gasteiger partial charge in [0, 0.05) is 37.0 Å². The van der Waals surface area contributed by atoms with Crippen molar-refractivity contribution >= 4 is 16.5 Å². The molecule has 5 heteroatoms. The number of hydrogen-bond donors (Lipinski definition) is 1. The monoisotopic (exact) mass is 306 g/mol. The van der Waals surface area contributed by atoms with Crippen molar-refractivity contribution in [3.05, 3.63) is 10.6 Å². The molecule has 2 N–H and O–H groups in total. The number of anilines is 1. The number of thiazole rings is 1. The average molecular weight is 306 g/mol. The topological polar surface area (TPSA) is 45.4 Å². The van der Waals surface area contributed by atoms with Crippen molar-refractivity contribution in [2.45, 2.75) is 51.1 Å². The molecule has 1 aromatic rings. The molecule has 0 aliphatic carbocycles. The molecule has 0 spiro atoms. The second kappa shape index (κ2) is 5.86. The minimum absolute atomic E-state index is 0.748. The van der Waals surface area contributed by atoms with E-state index in [9.17, 15) is 0 Å². The highest BCUT2D eigenvalue weighted by Crippen LogP contribution is 2.33. The third-order valence-electron chi connectivity index (χ3n) is 5.55. The number of nitrogens with zero attached hydrogens (tertiary/aromatic N) is 3. The molecule has 0 amide bonds. The molecule has 0 radical (unpaired) electrons. The van der Waals surface area contributed by atoms with Crippen LogP contribution >= 0.6 is 11.3 Å². The predicted molar refractivity (Wildman–Crippen MR) is 87.4 cm³/mol. The van der Waals surface area contributed by atoms with E-state index < -0.39 is 0 Å². The maximum atomic E-state index is 5.86. The zero-order valence-corrected chi connectivity index (χ0v) is 13.6. The molecule has 0 saturated carbocycles. The van der Waals surface area contributed by atoms with E-state index in [1.165, 1.54) is 68.9 Å². The van der Waals surface area contributed by atoms with Crippen LogP contribution in [0, 0.1) is 5.92 Å². The van der Waals surface area contributed by atoms with Crippen LogP contribution in [0.1, 0.15) is 42.7 Å². The van der Waals surface area contributed by atoms with Gasteiger partial charge in [-0.3, -0.25) is 4.90 Å². The van der Waals surface area contributed by atoms with E-state index in [-0.39, 0.29) is 0 Å². The van der Waals surface area contributed by atoms with E-state index in [0.717, 1.165) is 30.1 Å². The summed E-state index contributed by atoms with van der Waals surface area (Å²) in [5.74, 6) is 0.880. The van der Waals surface area contributed by atoms with Crippen molar-refractivity contribution in [2.24, 2.45) is 5.92 Å². The maximum absolute atomic E-state index is 5.86. The highest BCUT2D eigenvalue weighted by Gasteiger charge is 2.34. The molecule has 4 rings (SSSR count). The summed E-state index contributed by atoms with van der Waals surface area (Å²) in [5, 5.41) is 0.748. The zero-order chi connectivity index (χ0) is 14.2. The fourth-order valence-corrected chi connectivity index (χ4v) is 5.47. The summed E-state index contributed by atoms with van der Waals surface area (Å²) in [4.78, 5) is 11.3. The van der Waals surface area contributed by atoms with E-state index in [2.05, 4.69) is 14.8 Å². The van der Waals surface area contributed by atoms with Crippen LogP contribution in [0.2, 0.25) is 0 Å². The SMILES string of the molecule is Nc1nc2c(s1)CN(C[C@@H]1CCCN3CCCC[C@H]13)CC2. The van der Waals surface area contributed by atoms with Gasteiger partial charge in [0.25, 0.3) is 0 Å². The number of piperidine rings is 2. The van der Waals surface area contributed by atoms with Crippen LogP contribution in [0.25, 0.3) is 0 Å². The highest BCUT2D eigenvalue weighted by molar-refractivity contribution is 7.15. The van der Waals surface area contributed by atoms with Gasteiger partial charge in [0.15, 0.2) is 5.13 Å². The summed E-state index contributed by atoms with van der Waals surface area (Å²) in [6.45, 7) is 6.21. The van der Waals surface area contributed by atoms with Gasteiger partial charge in [-0.1, -0.05) is 6.42 Å². The Hall–Kier alpha value is -0.650. The molecule has 0 bridgehead atoms. The van der Waals surface area contributed by atoms with Crippen molar-refractivity contribution in [1.29, 1.82) is 0 Å². The van der Waals surface area contributed by atoms with Gasteiger partial charge in [-0.25, -0.2) is 4.98 Å².